The third kappa shape index (κ3) is 4.65. The summed E-state index contributed by atoms with van der Waals surface area (Å²) in [5, 5.41) is 6.98. The summed E-state index contributed by atoms with van der Waals surface area (Å²) in [4.78, 5) is 11.8. The molecule has 0 atom stereocenters. The summed E-state index contributed by atoms with van der Waals surface area (Å²) in [5.41, 5.74) is 1.76. The molecule has 25 heavy (non-hydrogen) atoms. The van der Waals surface area contributed by atoms with Gasteiger partial charge in [0, 0.05) is 11.6 Å². The molecule has 0 unspecified atom stereocenters. The molecule has 0 spiro atoms. The summed E-state index contributed by atoms with van der Waals surface area (Å²) < 4.78 is 23.4. The van der Waals surface area contributed by atoms with Crippen LogP contribution in [0, 0.1) is 5.82 Å². The maximum absolute atomic E-state index is 12.9. The molecule has 3 rings (SSSR count). The number of benzene rings is 2. The van der Waals surface area contributed by atoms with E-state index < -0.39 is 0 Å². The van der Waals surface area contributed by atoms with Crippen molar-refractivity contribution < 1.29 is 18.4 Å². The Morgan fingerprint density at radius 2 is 1.96 bits per heavy atom. The van der Waals surface area contributed by atoms with E-state index in [4.69, 9.17) is 20.9 Å². The van der Waals surface area contributed by atoms with Gasteiger partial charge in [-0.2, -0.15) is 0 Å². The second kappa shape index (κ2) is 7.92. The highest BCUT2D eigenvalue weighted by Crippen LogP contribution is 2.21. The minimum atomic E-state index is -0.324. The molecule has 0 saturated heterocycles. The highest BCUT2D eigenvalue weighted by atomic mass is 35.5. The van der Waals surface area contributed by atoms with E-state index in [2.05, 4.69) is 10.5 Å². The van der Waals surface area contributed by atoms with Crippen LogP contribution in [-0.4, -0.2) is 17.7 Å². The number of carbonyl (C=O) groups excluding carboxylic acids is 1. The maximum Gasteiger partial charge on any atom is 0.250 e. The lowest BCUT2D eigenvalue weighted by atomic mass is 10.1. The summed E-state index contributed by atoms with van der Waals surface area (Å²) in [5.74, 6) is -0.147. The predicted molar refractivity (Wildman–Crippen MR) is 91.6 cm³/mol. The van der Waals surface area contributed by atoms with Gasteiger partial charge in [-0.3, -0.25) is 4.79 Å². The van der Waals surface area contributed by atoms with Crippen molar-refractivity contribution in [3.8, 4) is 11.3 Å². The zero-order valence-electron chi connectivity index (χ0n) is 13.0. The Balaban J connectivity index is 1.50. The molecule has 5 nitrogen and oxygen atoms in total. The zero-order valence-corrected chi connectivity index (χ0v) is 13.8. The van der Waals surface area contributed by atoms with Crippen molar-refractivity contribution in [1.82, 2.24) is 5.16 Å². The lowest BCUT2D eigenvalue weighted by Crippen LogP contribution is -2.18. The second-order valence-corrected chi connectivity index (χ2v) is 5.62. The van der Waals surface area contributed by atoms with Crippen molar-refractivity contribution in [3.63, 3.8) is 0 Å². The second-order valence-electron chi connectivity index (χ2n) is 5.21. The smallest absolute Gasteiger partial charge is 0.250 e. The van der Waals surface area contributed by atoms with Crippen LogP contribution in [0.5, 0.6) is 0 Å². The van der Waals surface area contributed by atoms with Crippen LogP contribution in [0.3, 0.4) is 0 Å². The van der Waals surface area contributed by atoms with Crippen LogP contribution in [-0.2, 0) is 16.1 Å². The quantitative estimate of drug-likeness (QED) is 0.712. The van der Waals surface area contributed by atoms with Crippen LogP contribution >= 0.6 is 11.6 Å². The summed E-state index contributed by atoms with van der Waals surface area (Å²) in [6.45, 7) is -0.0371. The van der Waals surface area contributed by atoms with Crippen molar-refractivity contribution in [1.29, 1.82) is 0 Å². The third-order valence-electron chi connectivity index (χ3n) is 3.32. The largest absolute Gasteiger partial charge is 0.365 e. The minimum Gasteiger partial charge on any atom is -0.365 e. The Labute approximate surface area is 148 Å². The molecule has 1 amide bonds. The fourth-order valence-electron chi connectivity index (χ4n) is 2.13. The fraction of sp³-hybridized carbons (Fsp3) is 0.111. The topological polar surface area (TPSA) is 64.4 Å². The van der Waals surface area contributed by atoms with Gasteiger partial charge in [-0.25, -0.2) is 4.39 Å². The van der Waals surface area contributed by atoms with Gasteiger partial charge in [-0.15, -0.1) is 0 Å². The molecule has 0 fully saturated rings. The van der Waals surface area contributed by atoms with Gasteiger partial charge in [0.2, 0.25) is 5.91 Å². The molecule has 0 radical (unpaired) electrons. The molecule has 0 saturated carbocycles. The van der Waals surface area contributed by atoms with E-state index in [1.807, 2.05) is 0 Å². The number of ether oxygens (including phenoxy) is 1. The van der Waals surface area contributed by atoms with E-state index in [-0.39, 0.29) is 24.9 Å². The first-order valence-corrected chi connectivity index (χ1v) is 7.83. The Morgan fingerprint density at radius 3 is 2.72 bits per heavy atom. The molecular weight excluding hydrogens is 347 g/mol. The molecule has 0 aliphatic heterocycles. The average molecular weight is 361 g/mol. The summed E-state index contributed by atoms with van der Waals surface area (Å²) in [6.07, 6.45) is 0. The van der Waals surface area contributed by atoms with Crippen LogP contribution < -0.4 is 5.32 Å². The Kier molecular flexibility index (Phi) is 5.42. The monoisotopic (exact) mass is 360 g/mol. The van der Waals surface area contributed by atoms with Crippen LogP contribution in [0.2, 0.25) is 5.02 Å². The number of nitrogens with one attached hydrogen (secondary N) is 1. The maximum atomic E-state index is 12.9. The lowest BCUT2D eigenvalue weighted by Gasteiger charge is -2.06. The fourth-order valence-corrected chi connectivity index (χ4v) is 2.31. The lowest BCUT2D eigenvalue weighted by molar-refractivity contribution is -0.121. The van der Waals surface area contributed by atoms with E-state index in [1.54, 1.807) is 42.5 Å². The Morgan fingerprint density at radius 1 is 1.20 bits per heavy atom. The zero-order chi connectivity index (χ0) is 17.6. The molecule has 7 heteroatoms. The first kappa shape index (κ1) is 17.1. The van der Waals surface area contributed by atoms with Crippen LogP contribution in [0.4, 0.5) is 10.1 Å². The molecule has 1 N–H and O–H groups in total. The number of para-hydroxylation sites is 1. The summed E-state index contributed by atoms with van der Waals surface area (Å²) in [7, 11) is 0. The average Bonchev–Trinajstić information content (AvgIpc) is 3.06. The summed E-state index contributed by atoms with van der Waals surface area (Å²) >= 11 is 5.97. The van der Waals surface area contributed by atoms with Gasteiger partial charge in [-0.1, -0.05) is 28.9 Å². The molecule has 0 bridgehead atoms. The Bertz CT molecular complexity index is 865. The normalized spacial score (nSPS) is 10.6. The molecular formula is C18H14ClFN2O3. The number of aromatic nitrogens is 1. The van der Waals surface area contributed by atoms with Gasteiger partial charge in [0.05, 0.1) is 17.3 Å². The number of hydrogen-bond donors (Lipinski definition) is 1. The molecule has 3 aromatic rings. The van der Waals surface area contributed by atoms with Gasteiger partial charge < -0.3 is 14.6 Å². The number of nitrogens with zero attached hydrogens (tertiary/aromatic N) is 1. The van der Waals surface area contributed by atoms with Gasteiger partial charge in [0.1, 0.15) is 18.1 Å². The molecule has 1 aromatic heterocycles. The van der Waals surface area contributed by atoms with E-state index in [1.165, 1.54) is 12.1 Å². The number of halogens is 2. The van der Waals surface area contributed by atoms with E-state index in [0.717, 1.165) is 0 Å². The molecule has 0 aliphatic carbocycles. The molecule has 1 heterocycles. The first-order valence-electron chi connectivity index (χ1n) is 7.45. The number of anilines is 1. The molecule has 2 aromatic carbocycles. The highest BCUT2D eigenvalue weighted by molar-refractivity contribution is 6.33. The highest BCUT2D eigenvalue weighted by Gasteiger charge is 2.09. The first-order chi connectivity index (χ1) is 12.1. The minimum absolute atomic E-state index is 0.112. The van der Waals surface area contributed by atoms with Crippen LogP contribution in [0.1, 0.15) is 5.69 Å². The van der Waals surface area contributed by atoms with Gasteiger partial charge in [0.25, 0.3) is 0 Å². The predicted octanol–water partition coefficient (Wildman–Crippen LogP) is 4.29. The van der Waals surface area contributed by atoms with E-state index >= 15 is 0 Å². The van der Waals surface area contributed by atoms with Crippen molar-refractivity contribution in [3.05, 3.63) is 71.1 Å². The number of carbonyl (C=O) groups is 1. The van der Waals surface area contributed by atoms with E-state index in [9.17, 15) is 9.18 Å². The van der Waals surface area contributed by atoms with Crippen molar-refractivity contribution in [2.75, 3.05) is 11.9 Å². The summed E-state index contributed by atoms with van der Waals surface area (Å²) in [6, 6.07) is 14.5. The number of hydrogen-bond acceptors (Lipinski definition) is 4. The number of amides is 1. The van der Waals surface area contributed by atoms with Gasteiger partial charge in [-0.05, 0) is 36.4 Å². The molecule has 0 aliphatic rings. The SMILES string of the molecule is O=C(COCc1cc(-c2ccc(F)cc2)on1)Nc1ccccc1Cl. The van der Waals surface area contributed by atoms with Crippen molar-refractivity contribution in [2.45, 2.75) is 6.61 Å². The van der Waals surface area contributed by atoms with Crippen molar-refractivity contribution in [2.24, 2.45) is 0 Å². The van der Waals surface area contributed by atoms with Gasteiger partial charge in [0.15, 0.2) is 5.76 Å². The van der Waals surface area contributed by atoms with Crippen LogP contribution in [0.15, 0.2) is 59.1 Å². The Hall–Kier alpha value is -2.70. The van der Waals surface area contributed by atoms with E-state index in [0.29, 0.717) is 27.7 Å². The standard InChI is InChI=1S/C18H14ClFN2O3/c19-15-3-1-2-4-16(15)21-18(23)11-24-10-14-9-17(25-22-14)12-5-7-13(20)8-6-12/h1-9H,10-11H2,(H,21,23). The van der Waals surface area contributed by atoms with Gasteiger partial charge >= 0.3 is 0 Å². The molecule has 128 valence electrons. The van der Waals surface area contributed by atoms with Crippen LogP contribution in [0.25, 0.3) is 11.3 Å². The third-order valence-corrected chi connectivity index (χ3v) is 3.65. The number of rotatable bonds is 6. The van der Waals surface area contributed by atoms with Crippen molar-refractivity contribution >= 4 is 23.2 Å².